The van der Waals surface area contributed by atoms with Crippen molar-refractivity contribution in [1.29, 1.82) is 0 Å². The quantitative estimate of drug-likeness (QED) is 0.138. The molecule has 0 spiro atoms. The first-order chi connectivity index (χ1) is 32.2. The number of fused-ring (bicyclic) bond motifs is 6. The zero-order valence-corrected chi connectivity index (χ0v) is 35.8. The Kier molecular flexibility index (Phi) is 9.58. The van der Waals surface area contributed by atoms with Crippen molar-refractivity contribution >= 4 is 60.2 Å². The molecule has 0 N–H and O–H groups in total. The van der Waals surface area contributed by atoms with E-state index in [9.17, 15) is 0 Å². The average Bonchev–Trinajstić information content (AvgIpc) is 3.39. The number of nitrogens with zero attached hydrogens (tertiary/aromatic N) is 1. The molecule has 1 heteroatoms. The molecule has 0 amide bonds. The minimum atomic E-state index is 1.09. The molecular formula is C64H43N. The van der Waals surface area contributed by atoms with Gasteiger partial charge in [-0.05, 0) is 141 Å². The third kappa shape index (κ3) is 6.92. The van der Waals surface area contributed by atoms with Crippen molar-refractivity contribution in [2.45, 2.75) is 0 Å². The monoisotopic (exact) mass is 825 g/mol. The van der Waals surface area contributed by atoms with E-state index >= 15 is 0 Å². The summed E-state index contributed by atoms with van der Waals surface area (Å²) in [7, 11) is 0. The Balaban J connectivity index is 0.962. The van der Waals surface area contributed by atoms with Gasteiger partial charge in [-0.15, -0.1) is 0 Å². The van der Waals surface area contributed by atoms with E-state index in [0.717, 1.165) is 17.1 Å². The van der Waals surface area contributed by atoms with Gasteiger partial charge in [0, 0.05) is 17.1 Å². The maximum Gasteiger partial charge on any atom is 0.0468 e. The molecule has 0 aliphatic rings. The second-order valence-electron chi connectivity index (χ2n) is 16.8. The second kappa shape index (κ2) is 16.3. The molecule has 0 heterocycles. The second-order valence-corrected chi connectivity index (χ2v) is 16.8. The molecular weight excluding hydrogens is 783 g/mol. The molecule has 0 aliphatic heterocycles. The maximum atomic E-state index is 2.39. The molecule has 65 heavy (non-hydrogen) atoms. The molecule has 12 aromatic carbocycles. The fraction of sp³-hybridized carbons (Fsp3) is 0. The van der Waals surface area contributed by atoms with E-state index in [1.165, 1.54) is 98.7 Å². The standard InChI is InChI=1S/C64H43N/c1-2-16-44(17-3-1)54-21-8-10-24-58(54)61-27-13-14-28-62(61)59-25-11-9-22-55(59)46-32-36-50(37-33-46)65(52-40-41-57-49(42-52)31-30-45-18-4-6-20-53(45)57)51-38-34-47(35-39-51)64-43-48-19-5-7-23-56(48)60-26-12-15-29-63(60)64/h1-43H. The third-order valence-electron chi connectivity index (χ3n) is 13.1. The van der Waals surface area contributed by atoms with Gasteiger partial charge in [0.05, 0.1) is 0 Å². The lowest BCUT2D eigenvalue weighted by Gasteiger charge is -2.26. The summed E-state index contributed by atoms with van der Waals surface area (Å²) in [5.41, 5.74) is 15.4. The van der Waals surface area contributed by atoms with Crippen molar-refractivity contribution in [2.24, 2.45) is 0 Å². The lowest BCUT2D eigenvalue weighted by molar-refractivity contribution is 1.29. The van der Waals surface area contributed by atoms with Crippen LogP contribution in [0, 0.1) is 0 Å². The van der Waals surface area contributed by atoms with Crippen LogP contribution in [0.3, 0.4) is 0 Å². The zero-order valence-electron chi connectivity index (χ0n) is 35.8. The molecule has 304 valence electrons. The number of hydrogen-bond acceptors (Lipinski definition) is 1. The third-order valence-corrected chi connectivity index (χ3v) is 13.1. The van der Waals surface area contributed by atoms with Crippen molar-refractivity contribution in [2.75, 3.05) is 4.90 Å². The van der Waals surface area contributed by atoms with Crippen LogP contribution in [0.2, 0.25) is 0 Å². The Bertz CT molecular complexity index is 3700. The normalized spacial score (nSPS) is 11.4. The van der Waals surface area contributed by atoms with Gasteiger partial charge in [-0.2, -0.15) is 0 Å². The van der Waals surface area contributed by atoms with Crippen LogP contribution >= 0.6 is 0 Å². The first kappa shape index (κ1) is 38.2. The van der Waals surface area contributed by atoms with Crippen molar-refractivity contribution < 1.29 is 0 Å². The Morgan fingerprint density at radius 1 is 0.185 bits per heavy atom. The molecule has 12 rings (SSSR count). The molecule has 0 fully saturated rings. The van der Waals surface area contributed by atoms with Crippen LogP contribution in [-0.2, 0) is 0 Å². The molecule has 0 aliphatic carbocycles. The highest BCUT2D eigenvalue weighted by atomic mass is 15.1. The minimum Gasteiger partial charge on any atom is -0.310 e. The molecule has 12 aromatic rings. The number of rotatable bonds is 8. The van der Waals surface area contributed by atoms with Crippen molar-refractivity contribution in [3.8, 4) is 55.6 Å². The Hall–Kier alpha value is -8.52. The first-order valence-corrected chi connectivity index (χ1v) is 22.4. The van der Waals surface area contributed by atoms with Gasteiger partial charge in [0.2, 0.25) is 0 Å². The molecule has 0 aromatic heterocycles. The highest BCUT2D eigenvalue weighted by Gasteiger charge is 2.18. The number of anilines is 3. The van der Waals surface area contributed by atoms with E-state index in [2.05, 4.69) is 266 Å². The van der Waals surface area contributed by atoms with E-state index in [1.54, 1.807) is 0 Å². The summed E-state index contributed by atoms with van der Waals surface area (Å²) in [6, 6.07) is 95.2. The van der Waals surface area contributed by atoms with Crippen molar-refractivity contribution in [3.05, 3.63) is 261 Å². The Morgan fingerprint density at radius 3 is 1.15 bits per heavy atom. The van der Waals surface area contributed by atoms with Crippen LogP contribution in [0.25, 0.3) is 98.7 Å². The largest absolute Gasteiger partial charge is 0.310 e. The van der Waals surface area contributed by atoms with Crippen LogP contribution < -0.4 is 4.90 Å². The molecule has 0 saturated carbocycles. The highest BCUT2D eigenvalue weighted by Crippen LogP contribution is 2.44. The van der Waals surface area contributed by atoms with E-state index in [1.807, 2.05) is 0 Å². The summed E-state index contributed by atoms with van der Waals surface area (Å²) in [5.74, 6) is 0. The van der Waals surface area contributed by atoms with E-state index < -0.39 is 0 Å². The summed E-state index contributed by atoms with van der Waals surface area (Å²) in [5, 5.41) is 10.0. The van der Waals surface area contributed by atoms with E-state index in [4.69, 9.17) is 0 Å². The van der Waals surface area contributed by atoms with Gasteiger partial charge in [0.25, 0.3) is 0 Å². The van der Waals surface area contributed by atoms with Gasteiger partial charge < -0.3 is 4.90 Å². The lowest BCUT2D eigenvalue weighted by Crippen LogP contribution is -2.10. The topological polar surface area (TPSA) is 3.24 Å². The van der Waals surface area contributed by atoms with Crippen LogP contribution in [0.5, 0.6) is 0 Å². The lowest BCUT2D eigenvalue weighted by atomic mass is 9.87. The summed E-state index contributed by atoms with van der Waals surface area (Å²) >= 11 is 0. The van der Waals surface area contributed by atoms with Crippen molar-refractivity contribution in [1.82, 2.24) is 0 Å². The predicted octanol–water partition coefficient (Wildman–Crippen LogP) is 18.1. The summed E-state index contributed by atoms with van der Waals surface area (Å²) in [4.78, 5) is 2.39. The molecule has 0 bridgehead atoms. The van der Waals surface area contributed by atoms with E-state index in [-0.39, 0.29) is 0 Å². The van der Waals surface area contributed by atoms with Gasteiger partial charge in [0.1, 0.15) is 0 Å². The summed E-state index contributed by atoms with van der Waals surface area (Å²) < 4.78 is 0. The van der Waals surface area contributed by atoms with Gasteiger partial charge in [-0.3, -0.25) is 0 Å². The summed E-state index contributed by atoms with van der Waals surface area (Å²) in [6.45, 7) is 0. The smallest absolute Gasteiger partial charge is 0.0468 e. The molecule has 0 radical (unpaired) electrons. The van der Waals surface area contributed by atoms with Crippen LogP contribution in [0.15, 0.2) is 261 Å². The maximum absolute atomic E-state index is 2.39. The van der Waals surface area contributed by atoms with Crippen LogP contribution in [0.4, 0.5) is 17.1 Å². The predicted molar refractivity (Wildman–Crippen MR) is 278 cm³/mol. The van der Waals surface area contributed by atoms with Crippen LogP contribution in [0.1, 0.15) is 0 Å². The van der Waals surface area contributed by atoms with Gasteiger partial charge in [-0.1, -0.05) is 218 Å². The minimum absolute atomic E-state index is 1.09. The Morgan fingerprint density at radius 2 is 0.554 bits per heavy atom. The summed E-state index contributed by atoms with van der Waals surface area (Å²) in [6.07, 6.45) is 0. The zero-order chi connectivity index (χ0) is 43.1. The number of hydrogen-bond donors (Lipinski definition) is 0. The van der Waals surface area contributed by atoms with E-state index in [0.29, 0.717) is 0 Å². The molecule has 0 saturated heterocycles. The fourth-order valence-corrected chi connectivity index (χ4v) is 9.97. The molecule has 1 nitrogen and oxygen atoms in total. The van der Waals surface area contributed by atoms with Crippen molar-refractivity contribution in [3.63, 3.8) is 0 Å². The highest BCUT2D eigenvalue weighted by molar-refractivity contribution is 6.14. The van der Waals surface area contributed by atoms with Crippen LogP contribution in [-0.4, -0.2) is 0 Å². The van der Waals surface area contributed by atoms with Gasteiger partial charge in [-0.25, -0.2) is 0 Å². The SMILES string of the molecule is c1ccc(-c2ccccc2-c2ccccc2-c2ccccc2-c2ccc(N(c3ccc(-c4cc5ccccc5c5ccccc45)cc3)c3ccc4c(ccc5ccccc54)c3)cc2)cc1. The van der Waals surface area contributed by atoms with Gasteiger partial charge in [0.15, 0.2) is 0 Å². The number of benzene rings is 12. The van der Waals surface area contributed by atoms with Gasteiger partial charge >= 0.3 is 0 Å². The first-order valence-electron chi connectivity index (χ1n) is 22.4. The Labute approximate surface area is 379 Å². The molecule has 0 atom stereocenters. The molecule has 0 unspecified atom stereocenters. The fourth-order valence-electron chi connectivity index (χ4n) is 9.97. The average molecular weight is 826 g/mol.